The summed E-state index contributed by atoms with van der Waals surface area (Å²) in [7, 11) is 0. The molecule has 4 atom stereocenters. The molecule has 164 valence electrons. The zero-order valence-electron chi connectivity index (χ0n) is 17.8. The Bertz CT molecular complexity index is 1090. The van der Waals surface area contributed by atoms with Gasteiger partial charge in [-0.25, -0.2) is 4.98 Å². The first-order valence-corrected chi connectivity index (χ1v) is 11.1. The molecule has 6 heteroatoms. The largest absolute Gasteiger partial charge is 0.488 e. The minimum absolute atomic E-state index is 0.252. The zero-order chi connectivity index (χ0) is 22.1. The summed E-state index contributed by atoms with van der Waals surface area (Å²) in [6.45, 7) is 1.54. The van der Waals surface area contributed by atoms with Crippen LogP contribution in [0.25, 0.3) is 11.1 Å². The van der Waals surface area contributed by atoms with Gasteiger partial charge in [0.05, 0.1) is 11.7 Å². The zero-order valence-corrected chi connectivity index (χ0v) is 17.8. The number of benzene rings is 2. The van der Waals surface area contributed by atoms with Crippen molar-refractivity contribution in [1.82, 2.24) is 4.98 Å². The van der Waals surface area contributed by atoms with Crippen molar-refractivity contribution in [3.63, 3.8) is 0 Å². The molecule has 1 aliphatic heterocycles. The quantitative estimate of drug-likeness (QED) is 0.648. The minimum atomic E-state index is -0.524. The fourth-order valence-corrected chi connectivity index (χ4v) is 5.06. The summed E-state index contributed by atoms with van der Waals surface area (Å²) in [5.41, 5.74) is 8.28. The number of anilines is 1. The first-order chi connectivity index (χ1) is 15.6. The van der Waals surface area contributed by atoms with E-state index in [-0.39, 0.29) is 6.10 Å². The highest BCUT2D eigenvalue weighted by atomic mass is 16.5. The first-order valence-electron chi connectivity index (χ1n) is 11.1. The van der Waals surface area contributed by atoms with Gasteiger partial charge in [0.1, 0.15) is 17.7 Å². The number of aliphatic hydroxyl groups is 1. The molecule has 3 aromatic rings. The number of aliphatic hydroxyl groups excluding tert-OH is 1. The van der Waals surface area contributed by atoms with Crippen molar-refractivity contribution < 1.29 is 14.6 Å². The monoisotopic (exact) mass is 429 g/mol. The van der Waals surface area contributed by atoms with Crippen LogP contribution >= 0.6 is 0 Å². The average Bonchev–Trinajstić information content (AvgIpc) is 3.23. The van der Waals surface area contributed by atoms with Gasteiger partial charge in [0.15, 0.2) is 0 Å². The summed E-state index contributed by atoms with van der Waals surface area (Å²) in [6, 6.07) is 21.7. The fraction of sp³-hybridized carbons (Fsp3) is 0.308. The number of nitrogens with zero attached hydrogens (tertiary/aromatic N) is 2. The van der Waals surface area contributed by atoms with Gasteiger partial charge in [-0.15, -0.1) is 0 Å². The van der Waals surface area contributed by atoms with Crippen LogP contribution in [-0.2, 0) is 0 Å². The lowest BCUT2D eigenvalue weighted by Gasteiger charge is -2.35. The Hall–Kier alpha value is -3.38. The highest BCUT2D eigenvalue weighted by Gasteiger charge is 2.43. The van der Waals surface area contributed by atoms with Crippen LogP contribution in [0, 0.1) is 11.8 Å². The second-order valence-corrected chi connectivity index (χ2v) is 8.75. The van der Waals surface area contributed by atoms with Gasteiger partial charge in [-0.05, 0) is 60.1 Å². The smallest absolute Gasteiger partial charge is 0.252 e. The maximum absolute atomic E-state index is 11.8. The molecule has 1 aromatic heterocycles. The van der Waals surface area contributed by atoms with Gasteiger partial charge in [0.2, 0.25) is 0 Å². The van der Waals surface area contributed by atoms with Crippen molar-refractivity contribution in [2.24, 2.45) is 17.6 Å². The molecule has 1 aliphatic carbocycles. The Kier molecular flexibility index (Phi) is 5.53. The number of ether oxygens (including phenoxy) is 1. The molecule has 1 saturated heterocycles. The van der Waals surface area contributed by atoms with Crippen molar-refractivity contribution in [1.29, 1.82) is 0 Å². The Morgan fingerprint density at radius 1 is 0.938 bits per heavy atom. The van der Waals surface area contributed by atoms with E-state index in [0.717, 1.165) is 36.4 Å². The van der Waals surface area contributed by atoms with Crippen LogP contribution in [0.3, 0.4) is 0 Å². The molecule has 5 rings (SSSR count). The summed E-state index contributed by atoms with van der Waals surface area (Å²) in [4.78, 5) is 18.3. The van der Waals surface area contributed by atoms with E-state index in [1.54, 1.807) is 18.3 Å². The van der Waals surface area contributed by atoms with E-state index in [9.17, 15) is 9.90 Å². The van der Waals surface area contributed by atoms with Crippen LogP contribution in [0.5, 0.6) is 5.75 Å². The Balaban J connectivity index is 1.26. The number of amides is 1. The predicted molar refractivity (Wildman–Crippen MR) is 123 cm³/mol. The fourth-order valence-electron chi connectivity index (χ4n) is 5.06. The molecular formula is C26H27N3O3. The van der Waals surface area contributed by atoms with Crippen LogP contribution in [0.4, 0.5) is 5.82 Å². The molecule has 0 spiro atoms. The second-order valence-electron chi connectivity index (χ2n) is 8.75. The lowest BCUT2D eigenvalue weighted by atomic mass is 9.78. The number of aromatic nitrogens is 1. The summed E-state index contributed by atoms with van der Waals surface area (Å²) >= 11 is 0. The first kappa shape index (κ1) is 20.5. The maximum Gasteiger partial charge on any atom is 0.252 e. The van der Waals surface area contributed by atoms with Crippen LogP contribution in [0.15, 0.2) is 72.9 Å². The highest BCUT2D eigenvalue weighted by Crippen LogP contribution is 2.40. The standard InChI is InChI=1S/C26H27N3O3/c27-25(31)22-7-4-12-28-26(22)29-15-19-13-23(30)24(14-20(19)16-29)32-21-10-8-18(9-11-21)17-5-2-1-3-6-17/h1-12,19-20,23-24,30H,13-16H2,(H2,27,31)/t19-,20+,23+,24+/m0/s1. The van der Waals surface area contributed by atoms with Gasteiger partial charge in [0.25, 0.3) is 5.91 Å². The normalized spacial score (nSPS) is 24.7. The van der Waals surface area contributed by atoms with Crippen LogP contribution in [0.2, 0.25) is 0 Å². The Morgan fingerprint density at radius 3 is 2.34 bits per heavy atom. The molecule has 3 N–H and O–H groups in total. The van der Waals surface area contributed by atoms with E-state index in [2.05, 4.69) is 22.0 Å². The van der Waals surface area contributed by atoms with E-state index in [4.69, 9.17) is 10.5 Å². The topological polar surface area (TPSA) is 88.7 Å². The summed E-state index contributed by atoms with van der Waals surface area (Å²) in [6.07, 6.45) is 2.35. The molecule has 2 heterocycles. The van der Waals surface area contributed by atoms with Crippen molar-refractivity contribution >= 4 is 11.7 Å². The van der Waals surface area contributed by atoms with Crippen LogP contribution in [-0.4, -0.2) is 41.3 Å². The molecule has 6 nitrogen and oxygen atoms in total. The van der Waals surface area contributed by atoms with Gasteiger partial charge in [0, 0.05) is 19.3 Å². The number of hydrogen-bond donors (Lipinski definition) is 2. The SMILES string of the molecule is NC(=O)c1cccnc1N1C[C@H]2C[C@@H](Oc3ccc(-c4ccccc4)cc3)[C@H](O)C[C@H]2C1. The third-order valence-corrected chi connectivity index (χ3v) is 6.69. The molecule has 1 amide bonds. The molecule has 2 fully saturated rings. The van der Waals surface area contributed by atoms with E-state index in [1.807, 2.05) is 42.5 Å². The molecule has 2 aliphatic rings. The third-order valence-electron chi connectivity index (χ3n) is 6.69. The number of carbonyl (C=O) groups excluding carboxylic acids is 1. The van der Waals surface area contributed by atoms with E-state index in [0.29, 0.717) is 29.6 Å². The lowest BCUT2D eigenvalue weighted by molar-refractivity contribution is -0.0231. The summed E-state index contributed by atoms with van der Waals surface area (Å²) < 4.78 is 6.21. The van der Waals surface area contributed by atoms with Crippen molar-refractivity contribution in [3.8, 4) is 16.9 Å². The van der Waals surface area contributed by atoms with E-state index < -0.39 is 12.0 Å². The molecule has 0 unspecified atom stereocenters. The third kappa shape index (κ3) is 4.06. The van der Waals surface area contributed by atoms with Crippen molar-refractivity contribution in [2.45, 2.75) is 25.0 Å². The summed E-state index contributed by atoms with van der Waals surface area (Å²) in [5.74, 6) is 1.64. The van der Waals surface area contributed by atoms with Crippen LogP contribution in [0.1, 0.15) is 23.2 Å². The molecular weight excluding hydrogens is 402 g/mol. The predicted octanol–water partition coefficient (Wildman–Crippen LogP) is 3.50. The number of hydrogen-bond acceptors (Lipinski definition) is 5. The number of fused-ring (bicyclic) bond motifs is 1. The van der Waals surface area contributed by atoms with Gasteiger partial charge >= 0.3 is 0 Å². The lowest BCUT2D eigenvalue weighted by Crippen LogP contribution is -2.42. The van der Waals surface area contributed by atoms with Gasteiger partial charge < -0.3 is 20.5 Å². The molecule has 32 heavy (non-hydrogen) atoms. The summed E-state index contributed by atoms with van der Waals surface area (Å²) in [5, 5.41) is 10.8. The van der Waals surface area contributed by atoms with E-state index in [1.165, 1.54) is 0 Å². The number of nitrogens with two attached hydrogens (primary N) is 1. The van der Waals surface area contributed by atoms with Gasteiger partial charge in [-0.3, -0.25) is 4.79 Å². The molecule has 0 bridgehead atoms. The number of carbonyl (C=O) groups is 1. The highest BCUT2D eigenvalue weighted by molar-refractivity contribution is 5.97. The minimum Gasteiger partial charge on any atom is -0.488 e. The Morgan fingerprint density at radius 2 is 1.62 bits per heavy atom. The molecule has 2 aromatic carbocycles. The van der Waals surface area contributed by atoms with Crippen molar-refractivity contribution in [3.05, 3.63) is 78.5 Å². The van der Waals surface area contributed by atoms with E-state index >= 15 is 0 Å². The molecule has 0 radical (unpaired) electrons. The van der Waals surface area contributed by atoms with Gasteiger partial charge in [-0.1, -0.05) is 42.5 Å². The maximum atomic E-state index is 11.8. The average molecular weight is 430 g/mol. The second kappa shape index (κ2) is 8.63. The van der Waals surface area contributed by atoms with Gasteiger partial charge in [-0.2, -0.15) is 0 Å². The van der Waals surface area contributed by atoms with Crippen molar-refractivity contribution in [2.75, 3.05) is 18.0 Å². The number of primary amides is 1. The number of rotatable bonds is 5. The molecule has 1 saturated carbocycles. The van der Waals surface area contributed by atoms with Crippen LogP contribution < -0.4 is 15.4 Å². The number of pyridine rings is 1. The Labute approximate surface area is 187 Å².